The average Bonchev–Trinajstić information content (AvgIpc) is 2.86. The highest BCUT2D eigenvalue weighted by atomic mass is 16.5. The van der Waals surface area contributed by atoms with Crippen LogP contribution in [0.5, 0.6) is 11.5 Å². The Morgan fingerprint density at radius 1 is 1.22 bits per heavy atom. The lowest BCUT2D eigenvalue weighted by Crippen LogP contribution is -2.37. The summed E-state index contributed by atoms with van der Waals surface area (Å²) >= 11 is 0. The first-order valence-electron chi connectivity index (χ1n) is 9.09. The molecular weight excluding hydrogens is 350 g/mol. The molecule has 0 bridgehead atoms. The summed E-state index contributed by atoms with van der Waals surface area (Å²) in [6, 6.07) is 5.50. The second-order valence-electron chi connectivity index (χ2n) is 6.79. The van der Waals surface area contributed by atoms with Gasteiger partial charge in [0.05, 0.1) is 27.3 Å². The van der Waals surface area contributed by atoms with Crippen LogP contribution in [0.15, 0.2) is 18.2 Å². The van der Waals surface area contributed by atoms with Crippen molar-refractivity contribution in [1.29, 1.82) is 0 Å². The maximum atomic E-state index is 12.4. The van der Waals surface area contributed by atoms with E-state index < -0.39 is 5.97 Å². The SMILES string of the molecule is COc1ccc(NC(=O)CN2CCCC(N(C)CC(=O)O)CC2)cc1OC. The molecule has 1 fully saturated rings. The van der Waals surface area contributed by atoms with E-state index >= 15 is 0 Å². The molecule has 0 radical (unpaired) electrons. The van der Waals surface area contributed by atoms with Gasteiger partial charge in [0.1, 0.15) is 0 Å². The van der Waals surface area contributed by atoms with Gasteiger partial charge in [0.2, 0.25) is 5.91 Å². The summed E-state index contributed by atoms with van der Waals surface area (Å²) in [5.41, 5.74) is 0.659. The Bertz CT molecular complexity index is 652. The highest BCUT2D eigenvalue weighted by Crippen LogP contribution is 2.29. The summed E-state index contributed by atoms with van der Waals surface area (Å²) < 4.78 is 10.5. The number of ether oxygens (including phenoxy) is 2. The van der Waals surface area contributed by atoms with E-state index in [1.54, 1.807) is 32.4 Å². The predicted molar refractivity (Wildman–Crippen MR) is 103 cm³/mol. The molecule has 0 aromatic heterocycles. The molecule has 0 saturated carbocycles. The number of hydrogen-bond acceptors (Lipinski definition) is 6. The number of carbonyl (C=O) groups is 2. The van der Waals surface area contributed by atoms with Crippen molar-refractivity contribution in [3.8, 4) is 11.5 Å². The van der Waals surface area contributed by atoms with Crippen LogP contribution in [-0.2, 0) is 9.59 Å². The second-order valence-corrected chi connectivity index (χ2v) is 6.79. The molecule has 1 aromatic rings. The molecule has 0 spiro atoms. The summed E-state index contributed by atoms with van der Waals surface area (Å²) in [6.07, 6.45) is 2.74. The molecule has 1 saturated heterocycles. The minimum atomic E-state index is -0.812. The number of amides is 1. The van der Waals surface area contributed by atoms with E-state index in [1.165, 1.54) is 0 Å². The monoisotopic (exact) mass is 379 g/mol. The Morgan fingerprint density at radius 2 is 1.96 bits per heavy atom. The average molecular weight is 379 g/mol. The van der Waals surface area contributed by atoms with Gasteiger partial charge in [-0.3, -0.25) is 19.4 Å². The Morgan fingerprint density at radius 3 is 2.63 bits per heavy atom. The van der Waals surface area contributed by atoms with Crippen molar-refractivity contribution in [2.75, 3.05) is 52.8 Å². The van der Waals surface area contributed by atoms with Crippen molar-refractivity contribution < 1.29 is 24.2 Å². The quantitative estimate of drug-likeness (QED) is 0.707. The van der Waals surface area contributed by atoms with E-state index in [1.807, 2.05) is 11.9 Å². The molecule has 1 unspecified atom stereocenters. The lowest BCUT2D eigenvalue weighted by molar-refractivity contribution is -0.138. The van der Waals surface area contributed by atoms with Gasteiger partial charge in [-0.15, -0.1) is 0 Å². The first-order valence-corrected chi connectivity index (χ1v) is 9.09. The number of nitrogens with one attached hydrogen (secondary N) is 1. The minimum Gasteiger partial charge on any atom is -0.493 e. The molecule has 1 aliphatic heterocycles. The Kier molecular flexibility index (Phi) is 7.87. The molecule has 1 amide bonds. The summed E-state index contributed by atoms with van der Waals surface area (Å²) in [5, 5.41) is 11.8. The molecule has 1 atom stereocenters. The number of anilines is 1. The smallest absolute Gasteiger partial charge is 0.317 e. The van der Waals surface area contributed by atoms with Crippen LogP contribution in [0.1, 0.15) is 19.3 Å². The number of carbonyl (C=O) groups excluding carboxylic acids is 1. The first kappa shape index (κ1) is 21.0. The summed E-state index contributed by atoms with van der Waals surface area (Å²) in [4.78, 5) is 27.3. The van der Waals surface area contributed by atoms with Crippen molar-refractivity contribution in [3.63, 3.8) is 0 Å². The highest BCUT2D eigenvalue weighted by Gasteiger charge is 2.22. The standard InChI is InChI=1S/C19H29N3O5/c1-21(13-19(24)25)15-5-4-9-22(10-8-15)12-18(23)20-14-6-7-16(26-2)17(11-14)27-3/h6-7,11,15H,4-5,8-10,12-13H2,1-3H3,(H,20,23)(H,24,25). The van der Waals surface area contributed by atoms with Crippen molar-refractivity contribution >= 4 is 17.6 Å². The zero-order valence-electron chi connectivity index (χ0n) is 16.2. The zero-order valence-corrected chi connectivity index (χ0v) is 16.2. The maximum absolute atomic E-state index is 12.4. The number of methoxy groups -OCH3 is 2. The molecule has 150 valence electrons. The zero-order chi connectivity index (χ0) is 19.8. The molecule has 2 rings (SSSR count). The fourth-order valence-corrected chi connectivity index (χ4v) is 3.40. The summed E-state index contributed by atoms with van der Waals surface area (Å²) in [6.45, 7) is 1.96. The fraction of sp³-hybridized carbons (Fsp3) is 0.579. The van der Waals surface area contributed by atoms with Gasteiger partial charge in [-0.05, 0) is 45.0 Å². The third-order valence-corrected chi connectivity index (χ3v) is 4.83. The Labute approximate surface area is 160 Å². The Balaban J connectivity index is 1.86. The van der Waals surface area contributed by atoms with Crippen molar-refractivity contribution in [2.24, 2.45) is 0 Å². The highest BCUT2D eigenvalue weighted by molar-refractivity contribution is 5.92. The van der Waals surface area contributed by atoms with Crippen molar-refractivity contribution in [2.45, 2.75) is 25.3 Å². The fourth-order valence-electron chi connectivity index (χ4n) is 3.40. The third-order valence-electron chi connectivity index (χ3n) is 4.83. The number of benzene rings is 1. The molecule has 1 heterocycles. The van der Waals surface area contributed by atoms with Crippen molar-refractivity contribution in [1.82, 2.24) is 9.80 Å². The molecule has 27 heavy (non-hydrogen) atoms. The van der Waals surface area contributed by atoms with Gasteiger partial charge < -0.3 is 19.9 Å². The van der Waals surface area contributed by atoms with Crippen LogP contribution >= 0.6 is 0 Å². The second kappa shape index (κ2) is 10.1. The number of rotatable bonds is 8. The maximum Gasteiger partial charge on any atom is 0.317 e. The van der Waals surface area contributed by atoms with Gasteiger partial charge in [0.25, 0.3) is 0 Å². The van der Waals surface area contributed by atoms with E-state index in [2.05, 4.69) is 10.2 Å². The molecule has 0 aliphatic carbocycles. The van der Waals surface area contributed by atoms with Crippen LogP contribution in [0.2, 0.25) is 0 Å². The lowest BCUT2D eigenvalue weighted by atomic mass is 10.1. The van der Waals surface area contributed by atoms with E-state index in [-0.39, 0.29) is 18.5 Å². The molecule has 1 aliphatic rings. The van der Waals surface area contributed by atoms with Gasteiger partial charge in [0, 0.05) is 24.3 Å². The van der Waals surface area contributed by atoms with Gasteiger partial charge in [0.15, 0.2) is 11.5 Å². The number of hydrogen-bond donors (Lipinski definition) is 2. The van der Waals surface area contributed by atoms with Gasteiger partial charge in [-0.25, -0.2) is 0 Å². The summed E-state index contributed by atoms with van der Waals surface area (Å²) in [5.74, 6) is 0.279. The molecular formula is C19H29N3O5. The minimum absolute atomic E-state index is 0.0461. The van der Waals surface area contributed by atoms with Crippen LogP contribution in [0.4, 0.5) is 5.69 Å². The number of aliphatic carboxylic acids is 1. The van der Waals surface area contributed by atoms with Gasteiger partial charge in [-0.2, -0.15) is 0 Å². The van der Waals surface area contributed by atoms with Crippen LogP contribution in [0, 0.1) is 0 Å². The first-order chi connectivity index (χ1) is 12.9. The number of nitrogens with zero attached hydrogens (tertiary/aromatic N) is 2. The number of carboxylic acids is 1. The lowest BCUT2D eigenvalue weighted by Gasteiger charge is -2.25. The van der Waals surface area contributed by atoms with Crippen LogP contribution in [0.25, 0.3) is 0 Å². The van der Waals surface area contributed by atoms with Crippen LogP contribution < -0.4 is 14.8 Å². The number of carboxylic acid groups (broad SMARTS) is 1. The predicted octanol–water partition coefficient (Wildman–Crippen LogP) is 1.51. The largest absolute Gasteiger partial charge is 0.493 e. The normalized spacial score (nSPS) is 18.0. The molecule has 8 nitrogen and oxygen atoms in total. The van der Waals surface area contributed by atoms with Gasteiger partial charge >= 0.3 is 5.97 Å². The van der Waals surface area contributed by atoms with E-state index in [0.717, 1.165) is 32.4 Å². The molecule has 2 N–H and O–H groups in total. The third kappa shape index (κ3) is 6.41. The van der Waals surface area contributed by atoms with Crippen LogP contribution in [-0.4, -0.2) is 80.3 Å². The van der Waals surface area contributed by atoms with Crippen molar-refractivity contribution in [3.05, 3.63) is 18.2 Å². The van der Waals surface area contributed by atoms with E-state index in [9.17, 15) is 9.59 Å². The van der Waals surface area contributed by atoms with Crippen LogP contribution in [0.3, 0.4) is 0 Å². The summed E-state index contributed by atoms with van der Waals surface area (Å²) in [7, 11) is 4.97. The van der Waals surface area contributed by atoms with E-state index in [0.29, 0.717) is 23.7 Å². The Hall–Kier alpha value is -2.32. The topological polar surface area (TPSA) is 91.3 Å². The molecule has 1 aromatic carbocycles. The number of likely N-dealkylation sites (tertiary alicyclic amines) is 1. The van der Waals surface area contributed by atoms with E-state index in [4.69, 9.17) is 14.6 Å². The molecule has 8 heteroatoms. The number of likely N-dealkylation sites (N-methyl/N-ethyl adjacent to an activating group) is 1. The van der Waals surface area contributed by atoms with Gasteiger partial charge in [-0.1, -0.05) is 0 Å².